The van der Waals surface area contributed by atoms with Gasteiger partial charge < -0.3 is 10.4 Å². The van der Waals surface area contributed by atoms with Gasteiger partial charge in [0.05, 0.1) is 4.88 Å². The van der Waals surface area contributed by atoms with E-state index in [1.54, 1.807) is 0 Å². The molecule has 104 valence electrons. The molecule has 1 aliphatic rings. The third-order valence-electron chi connectivity index (χ3n) is 3.28. The number of hydrogen-bond donors (Lipinski definition) is 2. The van der Waals surface area contributed by atoms with Gasteiger partial charge in [-0.25, -0.2) is 4.79 Å². The number of rotatable bonds is 5. The van der Waals surface area contributed by atoms with Crippen LogP contribution in [0.1, 0.15) is 46.8 Å². The summed E-state index contributed by atoms with van der Waals surface area (Å²) in [7, 11) is 0. The highest BCUT2D eigenvalue weighted by Crippen LogP contribution is 2.30. The van der Waals surface area contributed by atoms with E-state index in [2.05, 4.69) is 5.32 Å². The standard InChI is InChI=1S/C14H19NO3S/c1-8(2)6-10(14(17)18)15-13(16)12-7-9-4-3-5-11(9)19-12/h7-8,10H,3-6H2,1-2H3,(H,15,16)(H,17,18)/t10-/m0/s1. The minimum absolute atomic E-state index is 0.231. The number of nitrogens with one attached hydrogen (secondary N) is 1. The van der Waals surface area contributed by atoms with Crippen LogP contribution in [0, 0.1) is 5.92 Å². The van der Waals surface area contributed by atoms with Crippen LogP contribution in [-0.2, 0) is 17.6 Å². The molecule has 0 saturated heterocycles. The molecule has 2 N–H and O–H groups in total. The Morgan fingerprint density at radius 2 is 2.16 bits per heavy atom. The molecule has 0 radical (unpaired) electrons. The molecule has 4 nitrogen and oxygen atoms in total. The van der Waals surface area contributed by atoms with E-state index in [1.165, 1.54) is 21.8 Å². The van der Waals surface area contributed by atoms with E-state index < -0.39 is 12.0 Å². The monoisotopic (exact) mass is 281 g/mol. The Morgan fingerprint density at radius 1 is 1.42 bits per heavy atom. The van der Waals surface area contributed by atoms with Crippen molar-refractivity contribution in [2.45, 2.75) is 45.6 Å². The summed E-state index contributed by atoms with van der Waals surface area (Å²) in [5.74, 6) is -0.992. The van der Waals surface area contributed by atoms with Crippen molar-refractivity contribution in [1.29, 1.82) is 0 Å². The molecule has 0 saturated carbocycles. The zero-order valence-electron chi connectivity index (χ0n) is 11.2. The molecule has 0 fully saturated rings. The largest absolute Gasteiger partial charge is 0.480 e. The molecule has 19 heavy (non-hydrogen) atoms. The maximum atomic E-state index is 12.1. The van der Waals surface area contributed by atoms with Gasteiger partial charge in [-0.1, -0.05) is 13.8 Å². The minimum atomic E-state index is -0.967. The van der Waals surface area contributed by atoms with E-state index in [4.69, 9.17) is 5.11 Å². The number of fused-ring (bicyclic) bond motifs is 1. The molecular formula is C14H19NO3S. The summed E-state index contributed by atoms with van der Waals surface area (Å²) in [4.78, 5) is 25.1. The Morgan fingerprint density at radius 3 is 2.74 bits per heavy atom. The zero-order valence-corrected chi connectivity index (χ0v) is 12.0. The van der Waals surface area contributed by atoms with E-state index in [-0.39, 0.29) is 11.8 Å². The van der Waals surface area contributed by atoms with Gasteiger partial charge in [-0.05, 0) is 43.2 Å². The Labute approximate surface area is 116 Å². The topological polar surface area (TPSA) is 66.4 Å². The van der Waals surface area contributed by atoms with Gasteiger partial charge in [-0.3, -0.25) is 4.79 Å². The number of carbonyl (C=O) groups excluding carboxylic acids is 1. The fraction of sp³-hybridized carbons (Fsp3) is 0.571. The Balaban J connectivity index is 2.04. The van der Waals surface area contributed by atoms with Crippen molar-refractivity contribution in [2.75, 3.05) is 0 Å². The summed E-state index contributed by atoms with van der Waals surface area (Å²) in [6.45, 7) is 3.89. The third kappa shape index (κ3) is 3.35. The highest BCUT2D eigenvalue weighted by Gasteiger charge is 2.24. The third-order valence-corrected chi connectivity index (χ3v) is 4.52. The first-order valence-electron chi connectivity index (χ1n) is 6.62. The molecule has 0 spiro atoms. The van der Waals surface area contributed by atoms with Gasteiger partial charge in [0.2, 0.25) is 0 Å². The molecule has 2 rings (SSSR count). The maximum Gasteiger partial charge on any atom is 0.326 e. The number of carboxylic acids is 1. The summed E-state index contributed by atoms with van der Waals surface area (Å²) in [5, 5.41) is 11.7. The van der Waals surface area contributed by atoms with E-state index >= 15 is 0 Å². The van der Waals surface area contributed by atoms with Crippen LogP contribution in [0.5, 0.6) is 0 Å². The van der Waals surface area contributed by atoms with Crippen LogP contribution in [0.15, 0.2) is 6.07 Å². The molecule has 0 unspecified atom stereocenters. The van der Waals surface area contributed by atoms with E-state index in [1.807, 2.05) is 19.9 Å². The lowest BCUT2D eigenvalue weighted by molar-refractivity contribution is -0.139. The van der Waals surface area contributed by atoms with Gasteiger partial charge in [-0.15, -0.1) is 11.3 Å². The van der Waals surface area contributed by atoms with Gasteiger partial charge in [0.1, 0.15) is 6.04 Å². The van der Waals surface area contributed by atoms with Gasteiger partial charge in [0.15, 0.2) is 0 Å². The molecule has 1 heterocycles. The first-order chi connectivity index (χ1) is 8.97. The predicted octanol–water partition coefficient (Wildman–Crippen LogP) is 2.47. The van der Waals surface area contributed by atoms with Crippen LogP contribution in [0.2, 0.25) is 0 Å². The Hall–Kier alpha value is -1.36. The van der Waals surface area contributed by atoms with Gasteiger partial charge in [0, 0.05) is 4.88 Å². The van der Waals surface area contributed by atoms with Crippen molar-refractivity contribution in [2.24, 2.45) is 5.92 Å². The summed E-state index contributed by atoms with van der Waals surface area (Å²) >= 11 is 1.50. The molecule has 1 aromatic rings. The van der Waals surface area contributed by atoms with Crippen molar-refractivity contribution in [3.05, 3.63) is 21.4 Å². The number of carboxylic acid groups (broad SMARTS) is 1. The normalized spacial score (nSPS) is 15.3. The Bertz CT molecular complexity index is 471. The highest BCUT2D eigenvalue weighted by atomic mass is 32.1. The number of aliphatic carboxylic acids is 1. The second kappa shape index (κ2) is 5.74. The predicted molar refractivity (Wildman–Crippen MR) is 74.7 cm³/mol. The fourth-order valence-electron chi connectivity index (χ4n) is 2.36. The van der Waals surface area contributed by atoms with Crippen LogP contribution >= 0.6 is 11.3 Å². The van der Waals surface area contributed by atoms with E-state index in [9.17, 15) is 9.59 Å². The smallest absolute Gasteiger partial charge is 0.326 e. The van der Waals surface area contributed by atoms with Crippen LogP contribution in [0.25, 0.3) is 0 Å². The summed E-state index contributed by atoms with van der Waals surface area (Å²) in [5.41, 5.74) is 1.26. The van der Waals surface area contributed by atoms with E-state index in [0.29, 0.717) is 11.3 Å². The second-order valence-electron chi connectivity index (χ2n) is 5.41. The van der Waals surface area contributed by atoms with Crippen molar-refractivity contribution in [3.8, 4) is 0 Å². The first-order valence-corrected chi connectivity index (χ1v) is 7.44. The molecule has 0 bridgehead atoms. The Kier molecular flexibility index (Phi) is 4.24. The molecule has 0 aliphatic heterocycles. The second-order valence-corrected chi connectivity index (χ2v) is 6.54. The molecule has 0 aromatic carbocycles. The fourth-order valence-corrected chi connectivity index (χ4v) is 3.52. The summed E-state index contributed by atoms with van der Waals surface area (Å²) < 4.78 is 0. The summed E-state index contributed by atoms with van der Waals surface area (Å²) in [6.07, 6.45) is 3.69. The molecule has 1 aliphatic carbocycles. The van der Waals surface area contributed by atoms with Crippen LogP contribution in [0.3, 0.4) is 0 Å². The van der Waals surface area contributed by atoms with Crippen molar-refractivity contribution in [3.63, 3.8) is 0 Å². The number of thiophene rings is 1. The van der Waals surface area contributed by atoms with E-state index in [0.717, 1.165) is 19.3 Å². The van der Waals surface area contributed by atoms with Gasteiger partial charge in [-0.2, -0.15) is 0 Å². The average Bonchev–Trinajstić information content (AvgIpc) is 2.86. The van der Waals surface area contributed by atoms with Crippen molar-refractivity contribution < 1.29 is 14.7 Å². The number of hydrogen-bond acceptors (Lipinski definition) is 3. The molecular weight excluding hydrogens is 262 g/mol. The highest BCUT2D eigenvalue weighted by molar-refractivity contribution is 7.14. The molecule has 5 heteroatoms. The van der Waals surface area contributed by atoms with Crippen LogP contribution < -0.4 is 5.32 Å². The lowest BCUT2D eigenvalue weighted by atomic mass is 10.0. The van der Waals surface area contributed by atoms with Crippen LogP contribution in [-0.4, -0.2) is 23.0 Å². The quantitative estimate of drug-likeness (QED) is 0.871. The van der Waals surface area contributed by atoms with Crippen molar-refractivity contribution in [1.82, 2.24) is 5.32 Å². The lowest BCUT2D eigenvalue weighted by Gasteiger charge is -2.15. The number of aryl methyl sites for hydroxylation is 2. The first kappa shape index (κ1) is 14.1. The van der Waals surface area contributed by atoms with Crippen LogP contribution in [0.4, 0.5) is 0 Å². The number of amides is 1. The SMILES string of the molecule is CC(C)C[C@H](NC(=O)c1cc2c(s1)CCC2)C(=O)O. The molecule has 1 amide bonds. The number of carbonyl (C=O) groups is 2. The van der Waals surface area contributed by atoms with Gasteiger partial charge >= 0.3 is 5.97 Å². The summed E-state index contributed by atoms with van der Waals surface area (Å²) in [6, 6.07) is 1.11. The average molecular weight is 281 g/mol. The lowest BCUT2D eigenvalue weighted by Crippen LogP contribution is -2.41. The molecule has 1 atom stereocenters. The van der Waals surface area contributed by atoms with Crippen molar-refractivity contribution >= 4 is 23.2 Å². The molecule has 1 aromatic heterocycles. The van der Waals surface area contributed by atoms with Gasteiger partial charge in [0.25, 0.3) is 5.91 Å². The minimum Gasteiger partial charge on any atom is -0.480 e. The maximum absolute atomic E-state index is 12.1. The zero-order chi connectivity index (χ0) is 14.0.